The summed E-state index contributed by atoms with van der Waals surface area (Å²) in [5.41, 5.74) is 1.87. The van der Waals surface area contributed by atoms with Gasteiger partial charge in [-0.1, -0.05) is 23.0 Å². The average molecular weight is 332 g/mol. The largest absolute Gasteiger partial charge is 0.496 e. The molecule has 1 aromatic carbocycles. The molecule has 0 radical (unpaired) electrons. The third-order valence-electron chi connectivity index (χ3n) is 2.92. The Kier molecular flexibility index (Phi) is 5.48. The predicted molar refractivity (Wildman–Crippen MR) is 88.8 cm³/mol. The summed E-state index contributed by atoms with van der Waals surface area (Å²) < 4.78 is 9.84. The number of carbonyl (C=O) groups excluding carboxylic acids is 2. The topological polar surface area (TPSA) is 77.5 Å². The van der Waals surface area contributed by atoms with E-state index in [0.29, 0.717) is 15.8 Å². The number of hydrogen-bond donors (Lipinski definition) is 1. The Hall–Kier alpha value is -2.67. The number of anilines is 1. The van der Waals surface area contributed by atoms with Crippen LogP contribution in [0.4, 0.5) is 5.13 Å². The summed E-state index contributed by atoms with van der Waals surface area (Å²) in [6.45, 7) is 1.96. The van der Waals surface area contributed by atoms with Gasteiger partial charge in [0.15, 0.2) is 5.13 Å². The number of rotatable bonds is 5. The van der Waals surface area contributed by atoms with Crippen LogP contribution < -0.4 is 10.1 Å². The molecule has 1 amide bonds. The molecule has 2 rings (SSSR count). The van der Waals surface area contributed by atoms with Crippen molar-refractivity contribution >= 4 is 34.4 Å². The van der Waals surface area contributed by atoms with Crippen LogP contribution in [0.3, 0.4) is 0 Å². The molecule has 0 atom stereocenters. The second kappa shape index (κ2) is 7.55. The molecule has 120 valence electrons. The van der Waals surface area contributed by atoms with Crippen molar-refractivity contribution in [1.82, 2.24) is 4.98 Å². The molecule has 0 aliphatic rings. The molecule has 0 saturated heterocycles. The monoisotopic (exact) mass is 332 g/mol. The van der Waals surface area contributed by atoms with Crippen molar-refractivity contribution in [3.63, 3.8) is 0 Å². The zero-order chi connectivity index (χ0) is 16.8. The molecule has 0 spiro atoms. The zero-order valence-corrected chi connectivity index (χ0v) is 13.8. The molecule has 0 bridgehead atoms. The molecule has 0 unspecified atom stereocenters. The maximum atomic E-state index is 11.9. The molecule has 7 heteroatoms. The van der Waals surface area contributed by atoms with Gasteiger partial charge in [0.25, 0.3) is 0 Å². The van der Waals surface area contributed by atoms with Gasteiger partial charge < -0.3 is 9.47 Å². The van der Waals surface area contributed by atoms with Crippen LogP contribution in [0.15, 0.2) is 30.5 Å². The summed E-state index contributed by atoms with van der Waals surface area (Å²) in [6, 6.07) is 5.69. The van der Waals surface area contributed by atoms with Crippen LogP contribution in [0, 0.1) is 6.92 Å². The summed E-state index contributed by atoms with van der Waals surface area (Å²) >= 11 is 1.05. The number of benzene rings is 1. The number of nitrogens with zero attached hydrogens (tertiary/aromatic N) is 1. The average Bonchev–Trinajstić information content (AvgIpc) is 3.00. The number of amides is 1. The molecular weight excluding hydrogens is 316 g/mol. The van der Waals surface area contributed by atoms with Crippen LogP contribution >= 0.6 is 11.3 Å². The molecule has 23 heavy (non-hydrogen) atoms. The summed E-state index contributed by atoms with van der Waals surface area (Å²) in [4.78, 5) is 27.5. The fourth-order valence-electron chi connectivity index (χ4n) is 1.82. The highest BCUT2D eigenvalue weighted by atomic mass is 32.1. The SMILES string of the molecule is COC(=O)c1cnc(NC(=O)/C=C/c2cc(C)ccc2OC)s1. The van der Waals surface area contributed by atoms with E-state index in [-0.39, 0.29) is 5.91 Å². The van der Waals surface area contributed by atoms with Crippen molar-refractivity contribution in [2.24, 2.45) is 0 Å². The van der Waals surface area contributed by atoms with E-state index in [1.54, 1.807) is 13.2 Å². The summed E-state index contributed by atoms with van der Waals surface area (Å²) in [6.07, 6.45) is 4.41. The number of methoxy groups -OCH3 is 2. The van der Waals surface area contributed by atoms with E-state index in [9.17, 15) is 9.59 Å². The van der Waals surface area contributed by atoms with E-state index in [4.69, 9.17) is 4.74 Å². The predicted octanol–water partition coefficient (Wildman–Crippen LogP) is 2.90. The minimum Gasteiger partial charge on any atom is -0.496 e. The first-order chi connectivity index (χ1) is 11.0. The van der Waals surface area contributed by atoms with E-state index in [0.717, 1.165) is 22.5 Å². The molecule has 0 aliphatic heterocycles. The van der Waals surface area contributed by atoms with E-state index >= 15 is 0 Å². The van der Waals surface area contributed by atoms with Gasteiger partial charge in [-0.25, -0.2) is 9.78 Å². The van der Waals surface area contributed by atoms with Gasteiger partial charge >= 0.3 is 5.97 Å². The van der Waals surface area contributed by atoms with E-state index in [1.165, 1.54) is 19.4 Å². The number of aryl methyl sites for hydroxylation is 1. The number of hydrogen-bond acceptors (Lipinski definition) is 6. The fraction of sp³-hybridized carbons (Fsp3) is 0.188. The van der Waals surface area contributed by atoms with Gasteiger partial charge in [-0.3, -0.25) is 10.1 Å². The maximum absolute atomic E-state index is 11.9. The standard InChI is InChI=1S/C16H16N2O4S/c1-10-4-6-12(21-2)11(8-10)5-7-14(19)18-16-17-9-13(23-16)15(20)22-3/h4-9H,1-3H3,(H,17,18,19)/b7-5+. The second-order valence-electron chi connectivity index (χ2n) is 4.59. The van der Waals surface area contributed by atoms with Crippen LogP contribution in [-0.4, -0.2) is 31.1 Å². The lowest BCUT2D eigenvalue weighted by molar-refractivity contribution is -0.111. The highest BCUT2D eigenvalue weighted by molar-refractivity contribution is 7.17. The molecule has 0 saturated carbocycles. The Bertz CT molecular complexity index is 752. The Balaban J connectivity index is 2.06. The Labute approximate surface area is 137 Å². The molecule has 6 nitrogen and oxygen atoms in total. The van der Waals surface area contributed by atoms with Crippen molar-refractivity contribution < 1.29 is 19.1 Å². The lowest BCUT2D eigenvalue weighted by atomic mass is 10.1. The van der Waals surface area contributed by atoms with E-state index < -0.39 is 5.97 Å². The van der Waals surface area contributed by atoms with Crippen molar-refractivity contribution in [1.29, 1.82) is 0 Å². The van der Waals surface area contributed by atoms with Crippen molar-refractivity contribution in [3.8, 4) is 5.75 Å². The van der Waals surface area contributed by atoms with Crippen molar-refractivity contribution in [3.05, 3.63) is 46.5 Å². The van der Waals surface area contributed by atoms with Crippen molar-refractivity contribution in [2.75, 3.05) is 19.5 Å². The Morgan fingerprint density at radius 2 is 2.09 bits per heavy atom. The quantitative estimate of drug-likeness (QED) is 0.673. The van der Waals surface area contributed by atoms with Crippen LogP contribution in [0.25, 0.3) is 6.08 Å². The number of ether oxygens (including phenoxy) is 2. The smallest absolute Gasteiger partial charge is 0.349 e. The second-order valence-corrected chi connectivity index (χ2v) is 5.62. The van der Waals surface area contributed by atoms with E-state index in [2.05, 4.69) is 15.0 Å². The number of thiazole rings is 1. The molecule has 0 fully saturated rings. The normalized spacial score (nSPS) is 10.6. The highest BCUT2D eigenvalue weighted by Gasteiger charge is 2.11. The lowest BCUT2D eigenvalue weighted by Crippen LogP contribution is -2.07. The van der Waals surface area contributed by atoms with Gasteiger partial charge in [-0.05, 0) is 25.1 Å². The Morgan fingerprint density at radius 3 is 2.78 bits per heavy atom. The number of nitrogens with one attached hydrogen (secondary N) is 1. The fourth-order valence-corrected chi connectivity index (χ4v) is 2.56. The first-order valence-electron chi connectivity index (χ1n) is 6.71. The zero-order valence-electron chi connectivity index (χ0n) is 13.0. The van der Waals surface area contributed by atoms with Gasteiger partial charge in [0.05, 0.1) is 20.4 Å². The van der Waals surface area contributed by atoms with Gasteiger partial charge in [0.2, 0.25) is 5.91 Å². The highest BCUT2D eigenvalue weighted by Crippen LogP contribution is 2.22. The Morgan fingerprint density at radius 1 is 1.30 bits per heavy atom. The third-order valence-corrected chi connectivity index (χ3v) is 3.81. The molecule has 2 aromatic rings. The summed E-state index contributed by atoms with van der Waals surface area (Å²) in [5.74, 6) is -0.149. The van der Waals surface area contributed by atoms with Gasteiger partial charge in [-0.15, -0.1) is 0 Å². The summed E-state index contributed by atoms with van der Waals surface area (Å²) in [7, 11) is 2.87. The molecule has 0 aliphatic carbocycles. The molecular formula is C16H16N2O4S. The number of esters is 1. The maximum Gasteiger partial charge on any atom is 0.349 e. The number of aromatic nitrogens is 1. The molecule has 1 N–H and O–H groups in total. The van der Waals surface area contributed by atoms with Crippen LogP contribution in [0.5, 0.6) is 5.75 Å². The minimum atomic E-state index is -0.483. The van der Waals surface area contributed by atoms with Crippen molar-refractivity contribution in [2.45, 2.75) is 6.92 Å². The number of carbonyl (C=O) groups is 2. The van der Waals surface area contributed by atoms with Crippen LogP contribution in [0.1, 0.15) is 20.8 Å². The first kappa shape index (κ1) is 16.7. The third kappa shape index (κ3) is 4.40. The van der Waals surface area contributed by atoms with Gasteiger partial charge in [0.1, 0.15) is 10.6 Å². The van der Waals surface area contributed by atoms with Gasteiger partial charge in [-0.2, -0.15) is 0 Å². The van der Waals surface area contributed by atoms with Crippen LogP contribution in [0.2, 0.25) is 0 Å². The van der Waals surface area contributed by atoms with Crippen LogP contribution in [-0.2, 0) is 9.53 Å². The lowest BCUT2D eigenvalue weighted by Gasteiger charge is -2.05. The minimum absolute atomic E-state index is 0.326. The first-order valence-corrected chi connectivity index (χ1v) is 7.53. The van der Waals surface area contributed by atoms with E-state index in [1.807, 2.05) is 25.1 Å². The molecule has 1 heterocycles. The summed E-state index contributed by atoms with van der Waals surface area (Å²) in [5, 5.41) is 2.93. The van der Waals surface area contributed by atoms with Gasteiger partial charge in [0, 0.05) is 11.6 Å². The molecule has 1 aromatic heterocycles.